The van der Waals surface area contributed by atoms with E-state index in [1.807, 2.05) is 30.3 Å². The molecule has 0 aliphatic carbocycles. The Morgan fingerprint density at radius 2 is 1.79 bits per heavy atom. The molecule has 4 nitrogen and oxygen atoms in total. The standard InChI is InChI=1S/C20H17F3N2O2S/c1-13-17(25-19(27-13)14-7-3-2-4-8-14)11-28-12-18(26)24-16-10-6-5-9-15(16)20(21,22)23/h2-10H,11-12H2,1H3,(H,24,26). The summed E-state index contributed by atoms with van der Waals surface area (Å²) in [5.74, 6) is 1.05. The number of alkyl halides is 3. The van der Waals surface area contributed by atoms with E-state index in [1.54, 1.807) is 6.92 Å². The van der Waals surface area contributed by atoms with Crippen molar-refractivity contribution in [3.05, 3.63) is 71.6 Å². The Labute approximate surface area is 164 Å². The lowest BCUT2D eigenvalue weighted by Crippen LogP contribution is -2.18. The van der Waals surface area contributed by atoms with Crippen molar-refractivity contribution in [3.8, 4) is 11.5 Å². The minimum atomic E-state index is -4.53. The molecule has 2 aromatic carbocycles. The minimum absolute atomic E-state index is 0.000832. The van der Waals surface area contributed by atoms with Gasteiger partial charge in [-0.2, -0.15) is 13.2 Å². The van der Waals surface area contributed by atoms with E-state index in [4.69, 9.17) is 4.42 Å². The van der Waals surface area contributed by atoms with Crippen molar-refractivity contribution in [1.82, 2.24) is 4.98 Å². The zero-order valence-corrected chi connectivity index (χ0v) is 15.7. The highest BCUT2D eigenvalue weighted by Gasteiger charge is 2.33. The third kappa shape index (κ3) is 4.95. The predicted molar refractivity (Wildman–Crippen MR) is 103 cm³/mol. The Morgan fingerprint density at radius 1 is 1.11 bits per heavy atom. The highest BCUT2D eigenvalue weighted by atomic mass is 32.2. The van der Waals surface area contributed by atoms with Crippen molar-refractivity contribution in [1.29, 1.82) is 0 Å². The van der Waals surface area contributed by atoms with Gasteiger partial charge in [-0.1, -0.05) is 30.3 Å². The van der Waals surface area contributed by atoms with E-state index >= 15 is 0 Å². The van der Waals surface area contributed by atoms with Crippen LogP contribution in [0.4, 0.5) is 18.9 Å². The van der Waals surface area contributed by atoms with Crippen LogP contribution in [0, 0.1) is 6.92 Å². The van der Waals surface area contributed by atoms with Crippen molar-refractivity contribution in [2.75, 3.05) is 11.1 Å². The lowest BCUT2D eigenvalue weighted by atomic mass is 10.1. The topological polar surface area (TPSA) is 55.1 Å². The molecule has 28 heavy (non-hydrogen) atoms. The van der Waals surface area contributed by atoms with Gasteiger partial charge in [-0.15, -0.1) is 11.8 Å². The number of amides is 1. The molecule has 8 heteroatoms. The Hall–Kier alpha value is -2.74. The average molecular weight is 406 g/mol. The summed E-state index contributed by atoms with van der Waals surface area (Å²) in [4.78, 5) is 16.5. The van der Waals surface area contributed by atoms with E-state index in [-0.39, 0.29) is 11.4 Å². The molecule has 3 aromatic rings. The summed E-state index contributed by atoms with van der Waals surface area (Å²) in [5, 5.41) is 2.33. The number of nitrogens with zero attached hydrogens (tertiary/aromatic N) is 1. The van der Waals surface area contributed by atoms with E-state index in [0.717, 1.165) is 11.6 Å². The van der Waals surface area contributed by atoms with Gasteiger partial charge >= 0.3 is 6.18 Å². The van der Waals surface area contributed by atoms with Crippen molar-refractivity contribution in [2.45, 2.75) is 18.9 Å². The first kappa shape index (κ1) is 20.0. The Bertz CT molecular complexity index is 956. The first-order valence-electron chi connectivity index (χ1n) is 8.40. The molecule has 0 spiro atoms. The van der Waals surface area contributed by atoms with Crippen molar-refractivity contribution >= 4 is 23.4 Å². The monoisotopic (exact) mass is 406 g/mol. The van der Waals surface area contributed by atoms with Crippen LogP contribution in [0.3, 0.4) is 0 Å². The lowest BCUT2D eigenvalue weighted by molar-refractivity contribution is -0.137. The van der Waals surface area contributed by atoms with E-state index in [0.29, 0.717) is 23.1 Å². The molecule has 0 saturated heterocycles. The van der Waals surface area contributed by atoms with Crippen LogP contribution in [0.1, 0.15) is 17.0 Å². The number of rotatable bonds is 6. The molecule has 0 saturated carbocycles. The minimum Gasteiger partial charge on any atom is -0.441 e. The second-order valence-electron chi connectivity index (χ2n) is 5.97. The van der Waals surface area contributed by atoms with E-state index in [2.05, 4.69) is 10.3 Å². The summed E-state index contributed by atoms with van der Waals surface area (Å²) < 4.78 is 44.6. The summed E-state index contributed by atoms with van der Waals surface area (Å²) in [6, 6.07) is 14.3. The number of aromatic nitrogens is 1. The number of para-hydroxylation sites is 1. The van der Waals surface area contributed by atoms with Gasteiger partial charge in [-0.05, 0) is 31.2 Å². The smallest absolute Gasteiger partial charge is 0.418 e. The number of hydrogen-bond donors (Lipinski definition) is 1. The number of hydrogen-bond acceptors (Lipinski definition) is 4. The molecule has 1 N–H and O–H groups in total. The molecule has 146 valence electrons. The van der Waals surface area contributed by atoms with Gasteiger partial charge in [0.1, 0.15) is 5.76 Å². The zero-order valence-electron chi connectivity index (χ0n) is 14.9. The van der Waals surface area contributed by atoms with Gasteiger partial charge in [0, 0.05) is 11.3 Å². The number of oxazole rings is 1. The van der Waals surface area contributed by atoms with Gasteiger partial charge in [0.2, 0.25) is 11.8 Å². The highest BCUT2D eigenvalue weighted by molar-refractivity contribution is 7.99. The van der Waals surface area contributed by atoms with Gasteiger partial charge in [-0.25, -0.2) is 4.98 Å². The first-order chi connectivity index (χ1) is 13.3. The second kappa shape index (κ2) is 8.52. The first-order valence-corrected chi connectivity index (χ1v) is 9.55. The lowest BCUT2D eigenvalue weighted by Gasteiger charge is -2.13. The van der Waals surface area contributed by atoms with Crippen LogP contribution in [0.2, 0.25) is 0 Å². The fraction of sp³-hybridized carbons (Fsp3) is 0.200. The molecule has 0 atom stereocenters. The molecule has 0 aliphatic rings. The number of aryl methyl sites for hydroxylation is 1. The van der Waals surface area contributed by atoms with Gasteiger partial charge in [0.05, 0.1) is 22.7 Å². The summed E-state index contributed by atoms with van der Waals surface area (Å²) >= 11 is 1.25. The molecule has 0 aliphatic heterocycles. The van der Waals surface area contributed by atoms with E-state index < -0.39 is 17.6 Å². The van der Waals surface area contributed by atoms with Crippen LogP contribution >= 0.6 is 11.8 Å². The second-order valence-corrected chi connectivity index (χ2v) is 6.96. The molecular weight excluding hydrogens is 389 g/mol. The molecule has 1 amide bonds. The normalized spacial score (nSPS) is 11.4. The van der Waals surface area contributed by atoms with Crippen LogP contribution in [-0.4, -0.2) is 16.6 Å². The van der Waals surface area contributed by atoms with Gasteiger partial charge < -0.3 is 9.73 Å². The number of thioether (sulfide) groups is 1. The zero-order chi connectivity index (χ0) is 20.1. The fourth-order valence-corrected chi connectivity index (χ4v) is 3.35. The molecular formula is C20H17F3N2O2S. The molecule has 0 radical (unpaired) electrons. The van der Waals surface area contributed by atoms with Gasteiger partial charge in [-0.3, -0.25) is 4.79 Å². The molecule has 0 unspecified atom stereocenters. The highest BCUT2D eigenvalue weighted by Crippen LogP contribution is 2.34. The number of carbonyl (C=O) groups is 1. The van der Waals surface area contributed by atoms with Crippen LogP contribution < -0.4 is 5.32 Å². The summed E-state index contributed by atoms with van der Waals surface area (Å²) in [7, 11) is 0. The van der Waals surface area contributed by atoms with Crippen LogP contribution in [-0.2, 0) is 16.7 Å². The molecule has 1 heterocycles. The molecule has 0 bridgehead atoms. The maximum atomic E-state index is 13.0. The van der Waals surface area contributed by atoms with E-state index in [1.165, 1.54) is 30.0 Å². The predicted octanol–water partition coefficient (Wildman–Crippen LogP) is 5.54. The number of carbonyl (C=O) groups excluding carboxylic acids is 1. The van der Waals surface area contributed by atoms with Crippen LogP contribution in [0.25, 0.3) is 11.5 Å². The summed E-state index contributed by atoms with van der Waals surface area (Å²) in [5.41, 5.74) is 0.438. The summed E-state index contributed by atoms with van der Waals surface area (Å²) in [6.07, 6.45) is -4.53. The van der Waals surface area contributed by atoms with Crippen molar-refractivity contribution < 1.29 is 22.4 Å². The molecule has 3 rings (SSSR count). The molecule has 0 fully saturated rings. The maximum absolute atomic E-state index is 13.0. The number of nitrogens with one attached hydrogen (secondary N) is 1. The van der Waals surface area contributed by atoms with E-state index in [9.17, 15) is 18.0 Å². The quantitative estimate of drug-likeness (QED) is 0.584. The fourth-order valence-electron chi connectivity index (χ4n) is 2.53. The molecule has 1 aromatic heterocycles. The third-order valence-corrected chi connectivity index (χ3v) is 4.84. The average Bonchev–Trinajstić information content (AvgIpc) is 3.03. The Kier molecular flexibility index (Phi) is 6.08. The summed E-state index contributed by atoms with van der Waals surface area (Å²) in [6.45, 7) is 1.79. The third-order valence-electron chi connectivity index (χ3n) is 3.89. The Morgan fingerprint density at radius 3 is 2.50 bits per heavy atom. The largest absolute Gasteiger partial charge is 0.441 e. The van der Waals surface area contributed by atoms with Gasteiger partial charge in [0.25, 0.3) is 0 Å². The Balaban J connectivity index is 1.58. The SMILES string of the molecule is Cc1oc(-c2ccccc2)nc1CSCC(=O)Nc1ccccc1C(F)(F)F. The number of benzene rings is 2. The number of halogens is 3. The van der Waals surface area contributed by atoms with Crippen molar-refractivity contribution in [3.63, 3.8) is 0 Å². The van der Waals surface area contributed by atoms with Crippen molar-refractivity contribution in [2.24, 2.45) is 0 Å². The van der Waals surface area contributed by atoms with Crippen LogP contribution in [0.15, 0.2) is 59.0 Å². The number of anilines is 1. The van der Waals surface area contributed by atoms with Crippen LogP contribution in [0.5, 0.6) is 0 Å². The van der Waals surface area contributed by atoms with Gasteiger partial charge in [0.15, 0.2) is 0 Å². The maximum Gasteiger partial charge on any atom is 0.418 e.